The van der Waals surface area contributed by atoms with E-state index in [0.717, 1.165) is 24.5 Å². The van der Waals surface area contributed by atoms with Gasteiger partial charge in [0.15, 0.2) is 11.7 Å². The molecule has 2 fully saturated rings. The SMILES string of the molecule is O=Cc1cn(C2CC2)c2c(CO)c(N3CC(CNC(=O)OCc4ccccc4)CC3CCO)c(F)cc2c1=O. The summed E-state index contributed by atoms with van der Waals surface area (Å²) < 4.78 is 22.9. The maximum Gasteiger partial charge on any atom is 0.407 e. The van der Waals surface area contributed by atoms with Crippen LogP contribution in [0.15, 0.2) is 47.4 Å². The topological polar surface area (TPSA) is 121 Å². The molecule has 2 atom stereocenters. The predicted octanol–water partition coefficient (Wildman–Crippen LogP) is 3.28. The van der Waals surface area contributed by atoms with Crippen molar-refractivity contribution in [2.45, 2.75) is 51.0 Å². The van der Waals surface area contributed by atoms with Gasteiger partial charge in [-0.3, -0.25) is 9.59 Å². The zero-order valence-corrected chi connectivity index (χ0v) is 21.5. The molecule has 1 aliphatic carbocycles. The Hall–Kier alpha value is -3.76. The average Bonchev–Trinajstić information content (AvgIpc) is 3.72. The molecule has 9 nitrogen and oxygen atoms in total. The van der Waals surface area contributed by atoms with Crippen molar-refractivity contribution in [3.05, 3.63) is 75.3 Å². The van der Waals surface area contributed by atoms with Crippen LogP contribution in [0.1, 0.15) is 53.2 Å². The predicted molar refractivity (Wildman–Crippen MR) is 143 cm³/mol. The van der Waals surface area contributed by atoms with Crippen LogP contribution in [-0.4, -0.2) is 52.9 Å². The van der Waals surface area contributed by atoms with E-state index in [2.05, 4.69) is 5.32 Å². The lowest BCUT2D eigenvalue weighted by Gasteiger charge is -2.30. The summed E-state index contributed by atoms with van der Waals surface area (Å²) in [6, 6.07) is 10.3. The van der Waals surface area contributed by atoms with E-state index in [4.69, 9.17) is 4.74 Å². The second-order valence-electron chi connectivity index (χ2n) is 10.3. The lowest BCUT2D eigenvalue weighted by Crippen LogP contribution is -2.34. The number of benzene rings is 2. The monoisotopic (exact) mass is 537 g/mol. The first-order chi connectivity index (χ1) is 18.9. The molecular weight excluding hydrogens is 505 g/mol. The van der Waals surface area contributed by atoms with Crippen molar-refractivity contribution < 1.29 is 28.9 Å². The van der Waals surface area contributed by atoms with Crippen molar-refractivity contribution in [2.75, 3.05) is 24.6 Å². The average molecular weight is 538 g/mol. The quantitative estimate of drug-likeness (QED) is 0.340. The molecule has 0 bridgehead atoms. The summed E-state index contributed by atoms with van der Waals surface area (Å²) in [7, 11) is 0. The molecule has 2 aromatic carbocycles. The van der Waals surface area contributed by atoms with Gasteiger partial charge in [-0.05, 0) is 43.2 Å². The van der Waals surface area contributed by atoms with Gasteiger partial charge in [0.1, 0.15) is 12.4 Å². The number of hydrogen-bond donors (Lipinski definition) is 3. The molecule has 10 heteroatoms. The summed E-state index contributed by atoms with van der Waals surface area (Å²) in [6.45, 7) is 0.199. The number of aliphatic hydroxyl groups is 2. The molecule has 1 aliphatic heterocycles. The zero-order valence-electron chi connectivity index (χ0n) is 21.5. The number of pyridine rings is 1. The Kier molecular flexibility index (Phi) is 7.94. The van der Waals surface area contributed by atoms with E-state index < -0.39 is 23.9 Å². The molecule has 2 aliphatic rings. The van der Waals surface area contributed by atoms with E-state index in [1.54, 1.807) is 0 Å². The Labute approximate surface area is 224 Å². The number of amides is 1. The Morgan fingerprint density at radius 3 is 2.64 bits per heavy atom. The lowest BCUT2D eigenvalue weighted by atomic mass is 10.0. The summed E-state index contributed by atoms with van der Waals surface area (Å²) in [4.78, 5) is 38.6. The van der Waals surface area contributed by atoms with E-state index in [9.17, 15) is 24.6 Å². The van der Waals surface area contributed by atoms with Gasteiger partial charge in [0.2, 0.25) is 0 Å². The number of ether oxygens (including phenoxy) is 1. The van der Waals surface area contributed by atoms with E-state index in [1.165, 1.54) is 6.20 Å². The van der Waals surface area contributed by atoms with E-state index in [1.807, 2.05) is 39.8 Å². The smallest absolute Gasteiger partial charge is 0.407 e. The molecular formula is C29H32FN3O6. The lowest BCUT2D eigenvalue weighted by molar-refractivity contribution is 0.112. The molecule has 0 spiro atoms. The van der Waals surface area contributed by atoms with Gasteiger partial charge in [-0.1, -0.05) is 30.3 Å². The van der Waals surface area contributed by atoms with E-state index >= 15 is 4.39 Å². The summed E-state index contributed by atoms with van der Waals surface area (Å²) in [6.07, 6.45) is 4.10. The number of aromatic nitrogens is 1. The number of fused-ring (bicyclic) bond motifs is 1. The number of alkyl carbamates (subject to hydrolysis) is 1. The number of aldehydes is 1. The highest BCUT2D eigenvalue weighted by atomic mass is 19.1. The number of nitrogens with zero attached hydrogens (tertiary/aromatic N) is 2. The Morgan fingerprint density at radius 2 is 1.97 bits per heavy atom. The summed E-state index contributed by atoms with van der Waals surface area (Å²) >= 11 is 0. The standard InChI is InChI=1S/C29H32FN3O6/c30-25-11-23-26(33(21-6-7-21)14-20(15-35)28(23)37)24(16-36)27(25)32-13-19(10-22(32)8-9-34)12-31-29(38)39-17-18-4-2-1-3-5-18/h1-5,11,14-15,19,21-22,34,36H,6-10,12-13,16-17H2,(H,31,38). The number of hydrogen-bond acceptors (Lipinski definition) is 7. The Balaban J connectivity index is 1.41. The fourth-order valence-electron chi connectivity index (χ4n) is 5.62. The molecule has 2 unspecified atom stereocenters. The Morgan fingerprint density at radius 1 is 1.21 bits per heavy atom. The molecule has 3 aromatic rings. The van der Waals surface area contributed by atoms with Gasteiger partial charge in [-0.2, -0.15) is 0 Å². The van der Waals surface area contributed by atoms with Crippen LogP contribution in [0.3, 0.4) is 0 Å². The maximum absolute atomic E-state index is 15.8. The Bertz CT molecular complexity index is 1420. The minimum Gasteiger partial charge on any atom is -0.445 e. The van der Waals surface area contributed by atoms with Gasteiger partial charge in [-0.25, -0.2) is 9.18 Å². The number of halogens is 1. The van der Waals surface area contributed by atoms with Crippen molar-refractivity contribution in [2.24, 2.45) is 5.92 Å². The van der Waals surface area contributed by atoms with Gasteiger partial charge in [0.25, 0.3) is 0 Å². The van der Waals surface area contributed by atoms with Crippen molar-refractivity contribution in [3.63, 3.8) is 0 Å². The number of carbonyl (C=O) groups is 2. The van der Waals surface area contributed by atoms with Gasteiger partial charge in [0.05, 0.1) is 23.4 Å². The molecule has 0 radical (unpaired) electrons. The molecule has 1 saturated heterocycles. The number of anilines is 1. The highest BCUT2D eigenvalue weighted by Crippen LogP contribution is 2.42. The molecule has 3 N–H and O–H groups in total. The first kappa shape index (κ1) is 26.8. The first-order valence-electron chi connectivity index (χ1n) is 13.2. The number of nitrogens with one attached hydrogen (secondary N) is 1. The number of rotatable bonds is 10. The largest absolute Gasteiger partial charge is 0.445 e. The van der Waals surface area contributed by atoms with Crippen LogP contribution in [0.25, 0.3) is 10.9 Å². The fraction of sp³-hybridized carbons (Fsp3) is 0.414. The second kappa shape index (κ2) is 11.5. The molecule has 39 heavy (non-hydrogen) atoms. The number of aliphatic hydroxyl groups excluding tert-OH is 2. The molecule has 5 rings (SSSR count). The van der Waals surface area contributed by atoms with Crippen molar-refractivity contribution >= 4 is 29.0 Å². The van der Waals surface area contributed by atoms with E-state index in [0.29, 0.717) is 37.7 Å². The minimum atomic E-state index is -0.673. The van der Waals surface area contributed by atoms with Gasteiger partial charge < -0.3 is 29.7 Å². The van der Waals surface area contributed by atoms with Gasteiger partial charge in [0, 0.05) is 48.9 Å². The third kappa shape index (κ3) is 5.53. The highest BCUT2D eigenvalue weighted by molar-refractivity contribution is 5.92. The molecule has 206 valence electrons. The van der Waals surface area contributed by atoms with E-state index in [-0.39, 0.29) is 53.4 Å². The van der Waals surface area contributed by atoms with Crippen LogP contribution in [-0.2, 0) is 18.0 Å². The molecule has 1 amide bonds. The summed E-state index contributed by atoms with van der Waals surface area (Å²) in [5.74, 6) is -0.733. The third-order valence-corrected chi connectivity index (χ3v) is 7.59. The van der Waals surface area contributed by atoms with Crippen LogP contribution < -0.4 is 15.6 Å². The zero-order chi connectivity index (χ0) is 27.5. The molecule has 2 heterocycles. The van der Waals surface area contributed by atoms with Crippen molar-refractivity contribution in [1.29, 1.82) is 0 Å². The van der Waals surface area contributed by atoms with Crippen LogP contribution in [0.4, 0.5) is 14.9 Å². The van der Waals surface area contributed by atoms with Crippen LogP contribution in [0, 0.1) is 11.7 Å². The summed E-state index contributed by atoms with van der Waals surface area (Å²) in [5.41, 5.74) is 1.16. The van der Waals surface area contributed by atoms with Crippen LogP contribution in [0.2, 0.25) is 0 Å². The fourth-order valence-corrected chi connectivity index (χ4v) is 5.62. The minimum absolute atomic E-state index is 0.0462. The summed E-state index contributed by atoms with van der Waals surface area (Å²) in [5, 5.41) is 23.0. The first-order valence-corrected chi connectivity index (χ1v) is 13.2. The van der Waals surface area contributed by atoms with Gasteiger partial charge in [-0.15, -0.1) is 0 Å². The number of carbonyl (C=O) groups excluding carboxylic acids is 2. The normalized spacial score (nSPS) is 18.9. The molecule has 1 aromatic heterocycles. The maximum atomic E-state index is 15.8. The van der Waals surface area contributed by atoms with Gasteiger partial charge >= 0.3 is 6.09 Å². The van der Waals surface area contributed by atoms with Crippen LogP contribution in [0.5, 0.6) is 0 Å². The van der Waals surface area contributed by atoms with Crippen molar-refractivity contribution in [1.82, 2.24) is 9.88 Å². The second-order valence-corrected chi connectivity index (χ2v) is 10.3. The third-order valence-electron chi connectivity index (χ3n) is 7.59. The van der Waals surface area contributed by atoms with Crippen molar-refractivity contribution in [3.8, 4) is 0 Å². The molecule has 1 saturated carbocycles. The van der Waals surface area contributed by atoms with Crippen LogP contribution >= 0.6 is 0 Å². The highest BCUT2D eigenvalue weighted by Gasteiger charge is 2.36.